The fourth-order valence-corrected chi connectivity index (χ4v) is 0.943. The molecule has 1 rings (SSSR count). The topological polar surface area (TPSA) is 78.8 Å². The van der Waals surface area contributed by atoms with Crippen LogP contribution in [0.4, 0.5) is 10.5 Å². The molecule has 1 amide bonds. The second-order valence-corrected chi connectivity index (χ2v) is 6.16. The van der Waals surface area contributed by atoms with E-state index >= 15 is 0 Å². The van der Waals surface area contributed by atoms with Crippen molar-refractivity contribution in [1.29, 1.82) is 0 Å². The molecule has 0 aliphatic carbocycles. The molecule has 1 aromatic rings. The summed E-state index contributed by atoms with van der Waals surface area (Å²) in [5.41, 5.74) is -0.180. The minimum atomic E-state index is -0.459. The summed E-state index contributed by atoms with van der Waals surface area (Å²) in [6, 6.07) is 9.22. The fourth-order valence-electron chi connectivity index (χ4n) is 0.943. The van der Waals surface area contributed by atoms with Gasteiger partial charge in [0.15, 0.2) is 0 Å². The maximum atomic E-state index is 11.3. The Hall–Kier alpha value is -1.59. The molecule has 5 heteroatoms. The number of nitrogens with one attached hydrogen (secondary N) is 1. The molecule has 0 aliphatic rings. The first-order valence-electron chi connectivity index (χ1n) is 7.25. The van der Waals surface area contributed by atoms with E-state index in [1.165, 1.54) is 0 Å². The number of amides is 1. The van der Waals surface area contributed by atoms with Crippen LogP contribution in [0.5, 0.6) is 0 Å². The molecule has 3 N–H and O–H groups in total. The zero-order chi connectivity index (χ0) is 17.8. The molecular weight excluding hydrogens is 282 g/mol. The van der Waals surface area contributed by atoms with Crippen LogP contribution in [0, 0.1) is 0 Å². The third-order valence-corrected chi connectivity index (χ3v) is 2.28. The smallest absolute Gasteiger partial charge is 0.412 e. The van der Waals surface area contributed by atoms with Gasteiger partial charge in [0.05, 0.1) is 5.60 Å². The van der Waals surface area contributed by atoms with Crippen molar-refractivity contribution < 1.29 is 19.7 Å². The van der Waals surface area contributed by atoms with Crippen LogP contribution in [0.3, 0.4) is 0 Å². The zero-order valence-corrected chi connectivity index (χ0v) is 14.8. The van der Waals surface area contributed by atoms with Crippen molar-refractivity contribution in [3.8, 4) is 0 Å². The molecule has 0 aliphatic heterocycles. The Bertz CT molecular complexity index is 391. The maximum Gasteiger partial charge on any atom is 0.412 e. The molecule has 0 fully saturated rings. The number of hydrogen-bond acceptors (Lipinski definition) is 4. The van der Waals surface area contributed by atoms with E-state index in [2.05, 4.69) is 5.32 Å². The van der Waals surface area contributed by atoms with Crippen LogP contribution < -0.4 is 5.32 Å². The van der Waals surface area contributed by atoms with Crippen molar-refractivity contribution >= 4 is 11.8 Å². The van der Waals surface area contributed by atoms with Gasteiger partial charge in [0.25, 0.3) is 0 Å². The van der Waals surface area contributed by atoms with Crippen LogP contribution in [-0.2, 0) is 4.74 Å². The minimum absolute atomic E-state index is 0.427. The molecule has 0 atom stereocenters. The fraction of sp³-hybridized carbons (Fsp3) is 0.588. The Morgan fingerprint density at radius 2 is 1.50 bits per heavy atom. The Labute approximate surface area is 134 Å². The lowest BCUT2D eigenvalue weighted by atomic mass is 10.1. The lowest BCUT2D eigenvalue weighted by Gasteiger charge is -2.19. The molecule has 0 unspecified atom stereocenters. The molecule has 0 spiro atoms. The van der Waals surface area contributed by atoms with Gasteiger partial charge in [-0.3, -0.25) is 5.32 Å². The minimum Gasteiger partial charge on any atom is -0.444 e. The van der Waals surface area contributed by atoms with Crippen LogP contribution in [0.25, 0.3) is 0 Å². The van der Waals surface area contributed by atoms with Gasteiger partial charge in [-0.05, 0) is 53.2 Å². The van der Waals surface area contributed by atoms with E-state index in [0.717, 1.165) is 19.2 Å². The number of para-hydroxylation sites is 1. The van der Waals surface area contributed by atoms with Gasteiger partial charge in [-0.25, -0.2) is 4.79 Å². The van der Waals surface area contributed by atoms with E-state index in [1.54, 1.807) is 13.8 Å². The number of aliphatic hydroxyl groups excluding tert-OH is 1. The SMILES string of the molecule is CC(C)(C)OC(=O)Nc1ccccc1.CCC(C)(C)O.CO. The second-order valence-electron chi connectivity index (χ2n) is 6.16. The first-order valence-corrected chi connectivity index (χ1v) is 7.25. The van der Waals surface area contributed by atoms with Crippen LogP contribution in [-0.4, -0.2) is 34.6 Å². The standard InChI is InChI=1S/C11H15NO2.C5H12O.CH4O/c1-11(2,3)14-10(13)12-9-7-5-4-6-8-9;1-4-5(2,3)6;1-2/h4-8H,1-3H3,(H,12,13);6H,4H2,1-3H3;2H,1H3. The summed E-state index contributed by atoms with van der Waals surface area (Å²) in [6.07, 6.45) is 0.399. The molecule has 1 aromatic carbocycles. The van der Waals surface area contributed by atoms with Gasteiger partial charge in [0, 0.05) is 12.8 Å². The van der Waals surface area contributed by atoms with Crippen molar-refractivity contribution in [3.05, 3.63) is 30.3 Å². The summed E-state index contributed by atoms with van der Waals surface area (Å²) in [6.45, 7) is 11.0. The number of hydrogen-bond donors (Lipinski definition) is 3. The summed E-state index contributed by atoms with van der Waals surface area (Å²) in [4.78, 5) is 11.3. The first kappa shape index (κ1) is 22.7. The van der Waals surface area contributed by atoms with Gasteiger partial charge in [0.2, 0.25) is 0 Å². The average Bonchev–Trinajstić information content (AvgIpc) is 2.40. The van der Waals surface area contributed by atoms with Crippen molar-refractivity contribution in [3.63, 3.8) is 0 Å². The number of benzene rings is 1. The lowest BCUT2D eigenvalue weighted by molar-refractivity contribution is 0.0635. The number of anilines is 1. The zero-order valence-electron chi connectivity index (χ0n) is 14.8. The summed E-state index contributed by atoms with van der Waals surface area (Å²) < 4.78 is 5.09. The van der Waals surface area contributed by atoms with Crippen LogP contribution >= 0.6 is 0 Å². The summed E-state index contributed by atoms with van der Waals surface area (Å²) >= 11 is 0. The van der Waals surface area contributed by atoms with Crippen LogP contribution in [0.2, 0.25) is 0 Å². The number of rotatable bonds is 2. The quantitative estimate of drug-likeness (QED) is 0.775. The molecule has 5 nitrogen and oxygen atoms in total. The Balaban J connectivity index is 0. The van der Waals surface area contributed by atoms with E-state index < -0.39 is 17.3 Å². The monoisotopic (exact) mass is 313 g/mol. The van der Waals surface area contributed by atoms with Gasteiger partial charge in [0.1, 0.15) is 5.60 Å². The summed E-state index contributed by atoms with van der Waals surface area (Å²) in [5.74, 6) is 0. The summed E-state index contributed by atoms with van der Waals surface area (Å²) in [5, 5.41) is 18.5. The Morgan fingerprint density at radius 3 is 1.82 bits per heavy atom. The van der Waals surface area contributed by atoms with E-state index in [1.807, 2.05) is 58.0 Å². The van der Waals surface area contributed by atoms with E-state index in [-0.39, 0.29) is 0 Å². The van der Waals surface area contributed by atoms with Crippen LogP contribution in [0.1, 0.15) is 48.0 Å². The average molecular weight is 313 g/mol. The Morgan fingerprint density at radius 1 is 1.09 bits per heavy atom. The largest absolute Gasteiger partial charge is 0.444 e. The molecule has 0 heterocycles. The van der Waals surface area contributed by atoms with Gasteiger partial charge in [-0.2, -0.15) is 0 Å². The number of carbonyl (C=O) groups is 1. The van der Waals surface area contributed by atoms with Gasteiger partial charge in [-0.15, -0.1) is 0 Å². The third-order valence-electron chi connectivity index (χ3n) is 2.28. The maximum absolute atomic E-state index is 11.3. The first-order chi connectivity index (χ1) is 10.0. The van der Waals surface area contributed by atoms with E-state index in [0.29, 0.717) is 0 Å². The molecule has 0 aromatic heterocycles. The van der Waals surface area contributed by atoms with Crippen molar-refractivity contribution in [1.82, 2.24) is 0 Å². The summed E-state index contributed by atoms with van der Waals surface area (Å²) in [7, 11) is 1.00. The van der Waals surface area contributed by atoms with Crippen LogP contribution in [0.15, 0.2) is 30.3 Å². The van der Waals surface area contributed by atoms with Crippen molar-refractivity contribution in [2.24, 2.45) is 0 Å². The predicted octanol–water partition coefficient (Wildman–Crippen LogP) is 3.81. The van der Waals surface area contributed by atoms with Gasteiger partial charge < -0.3 is 14.9 Å². The molecule has 128 valence electrons. The lowest BCUT2D eigenvalue weighted by Crippen LogP contribution is -2.27. The molecule has 0 saturated heterocycles. The van der Waals surface area contributed by atoms with E-state index in [4.69, 9.17) is 14.9 Å². The van der Waals surface area contributed by atoms with E-state index in [9.17, 15) is 4.79 Å². The molecule has 0 saturated carbocycles. The number of carbonyl (C=O) groups excluding carboxylic acids is 1. The third kappa shape index (κ3) is 16.5. The molecule has 22 heavy (non-hydrogen) atoms. The highest BCUT2D eigenvalue weighted by molar-refractivity contribution is 5.84. The Kier molecular flexibility index (Phi) is 11.4. The van der Waals surface area contributed by atoms with Gasteiger partial charge >= 0.3 is 6.09 Å². The number of aliphatic hydroxyl groups is 2. The number of ether oxygens (including phenoxy) is 1. The predicted molar refractivity (Wildman–Crippen MR) is 91.0 cm³/mol. The highest BCUT2D eigenvalue weighted by Gasteiger charge is 2.15. The van der Waals surface area contributed by atoms with Crippen molar-refractivity contribution in [2.75, 3.05) is 12.4 Å². The van der Waals surface area contributed by atoms with Gasteiger partial charge in [-0.1, -0.05) is 25.1 Å². The molecular formula is C17H31NO4. The molecule has 0 radical (unpaired) electrons. The highest BCUT2D eigenvalue weighted by atomic mass is 16.6. The normalized spacial score (nSPS) is 10.4. The second kappa shape index (κ2) is 11.0. The highest BCUT2D eigenvalue weighted by Crippen LogP contribution is 2.10. The van der Waals surface area contributed by atoms with Crippen molar-refractivity contribution in [2.45, 2.75) is 59.2 Å². The molecule has 0 bridgehead atoms.